The number of hydrogen-bond donors (Lipinski definition) is 0. The third kappa shape index (κ3) is 1.62. The van der Waals surface area contributed by atoms with Crippen molar-refractivity contribution in [3.63, 3.8) is 0 Å². The Hall–Kier alpha value is -1.75. The molecule has 0 bridgehead atoms. The monoisotopic (exact) mass is 264 g/mol. The molecule has 0 radical (unpaired) electrons. The number of rotatable bonds is 1. The van der Waals surface area contributed by atoms with Crippen LogP contribution in [0.2, 0.25) is 0 Å². The SMILES string of the molecule is Cc1cc(F)c(-c2cn3c(C)csc3n2)cc1F. The zero-order valence-electron chi connectivity index (χ0n) is 9.87. The van der Waals surface area contributed by atoms with Crippen LogP contribution in [0.15, 0.2) is 23.7 Å². The third-order valence-electron chi connectivity index (χ3n) is 2.91. The van der Waals surface area contributed by atoms with Gasteiger partial charge in [0, 0.05) is 22.8 Å². The maximum Gasteiger partial charge on any atom is 0.194 e. The van der Waals surface area contributed by atoms with Crippen LogP contribution in [-0.2, 0) is 0 Å². The summed E-state index contributed by atoms with van der Waals surface area (Å²) in [5, 5.41) is 1.97. The van der Waals surface area contributed by atoms with E-state index in [1.54, 1.807) is 6.20 Å². The van der Waals surface area contributed by atoms with E-state index in [9.17, 15) is 8.78 Å². The quantitative estimate of drug-likeness (QED) is 0.650. The Morgan fingerprint density at radius 1 is 1.17 bits per heavy atom. The van der Waals surface area contributed by atoms with Gasteiger partial charge in [-0.25, -0.2) is 13.8 Å². The Balaban J connectivity index is 2.22. The highest BCUT2D eigenvalue weighted by molar-refractivity contribution is 7.15. The average Bonchev–Trinajstić information content (AvgIpc) is 2.87. The van der Waals surface area contributed by atoms with E-state index in [2.05, 4.69) is 4.98 Å². The summed E-state index contributed by atoms with van der Waals surface area (Å²) in [7, 11) is 0. The lowest BCUT2D eigenvalue weighted by atomic mass is 10.1. The number of imidazole rings is 1. The minimum atomic E-state index is -0.447. The molecule has 0 unspecified atom stereocenters. The van der Waals surface area contributed by atoms with Gasteiger partial charge in [-0.05, 0) is 31.5 Å². The molecule has 18 heavy (non-hydrogen) atoms. The molecule has 3 rings (SSSR count). The summed E-state index contributed by atoms with van der Waals surface area (Å²) in [6.45, 7) is 3.49. The molecule has 2 heterocycles. The maximum absolute atomic E-state index is 13.8. The number of aryl methyl sites for hydroxylation is 2. The van der Waals surface area contributed by atoms with Crippen molar-refractivity contribution < 1.29 is 8.78 Å². The van der Waals surface area contributed by atoms with Crippen LogP contribution in [0.3, 0.4) is 0 Å². The molecule has 0 aliphatic carbocycles. The molecule has 0 atom stereocenters. The molecule has 0 N–H and O–H groups in total. The number of thiazole rings is 1. The zero-order valence-corrected chi connectivity index (χ0v) is 10.7. The minimum Gasteiger partial charge on any atom is -0.294 e. The van der Waals surface area contributed by atoms with E-state index in [0.717, 1.165) is 10.7 Å². The Morgan fingerprint density at radius 3 is 2.67 bits per heavy atom. The summed E-state index contributed by atoms with van der Waals surface area (Å²) >= 11 is 1.48. The van der Waals surface area contributed by atoms with E-state index < -0.39 is 11.6 Å². The lowest BCUT2D eigenvalue weighted by molar-refractivity contribution is 0.595. The topological polar surface area (TPSA) is 17.3 Å². The molecule has 0 amide bonds. The van der Waals surface area contributed by atoms with Gasteiger partial charge >= 0.3 is 0 Å². The first-order valence-electron chi connectivity index (χ1n) is 5.45. The standard InChI is InChI=1S/C13H10F2N2S/c1-7-3-11(15)9(4-10(7)14)12-5-17-8(2)6-18-13(17)16-12/h3-6H,1-2H3. The second-order valence-corrected chi connectivity index (χ2v) is 5.07. The number of fused-ring (bicyclic) bond motifs is 1. The van der Waals surface area contributed by atoms with Crippen molar-refractivity contribution in [2.75, 3.05) is 0 Å². The maximum atomic E-state index is 13.8. The molecule has 2 nitrogen and oxygen atoms in total. The number of halogens is 2. The first-order chi connectivity index (χ1) is 8.56. The van der Waals surface area contributed by atoms with Crippen molar-refractivity contribution in [1.82, 2.24) is 9.38 Å². The molecule has 1 aromatic carbocycles. The zero-order chi connectivity index (χ0) is 12.9. The lowest BCUT2D eigenvalue weighted by Gasteiger charge is -2.02. The molecular formula is C13H10F2N2S. The van der Waals surface area contributed by atoms with Crippen LogP contribution in [0.4, 0.5) is 8.78 Å². The van der Waals surface area contributed by atoms with Crippen molar-refractivity contribution in [3.8, 4) is 11.3 Å². The molecular weight excluding hydrogens is 254 g/mol. The van der Waals surface area contributed by atoms with Crippen molar-refractivity contribution in [3.05, 3.63) is 46.6 Å². The molecule has 0 aliphatic heterocycles. The summed E-state index contributed by atoms with van der Waals surface area (Å²) in [6, 6.07) is 2.40. The van der Waals surface area contributed by atoms with E-state index in [-0.39, 0.29) is 5.56 Å². The summed E-state index contributed by atoms with van der Waals surface area (Å²) in [4.78, 5) is 5.09. The van der Waals surface area contributed by atoms with Crippen LogP contribution in [0.5, 0.6) is 0 Å². The number of benzene rings is 1. The summed E-state index contributed by atoms with van der Waals surface area (Å²) in [5.41, 5.74) is 1.99. The Morgan fingerprint density at radius 2 is 1.94 bits per heavy atom. The van der Waals surface area contributed by atoms with Gasteiger partial charge < -0.3 is 0 Å². The Labute approximate surface area is 107 Å². The molecule has 0 aliphatic rings. The van der Waals surface area contributed by atoms with Gasteiger partial charge in [0.05, 0.1) is 5.69 Å². The molecule has 0 spiro atoms. The normalized spacial score (nSPS) is 11.3. The molecule has 2 aromatic heterocycles. The smallest absolute Gasteiger partial charge is 0.194 e. The van der Waals surface area contributed by atoms with E-state index in [4.69, 9.17) is 0 Å². The van der Waals surface area contributed by atoms with Gasteiger partial charge in [-0.15, -0.1) is 11.3 Å². The summed E-state index contributed by atoms with van der Waals surface area (Å²) in [6.07, 6.45) is 1.73. The second kappa shape index (κ2) is 3.88. The van der Waals surface area contributed by atoms with Crippen LogP contribution < -0.4 is 0 Å². The van der Waals surface area contributed by atoms with Gasteiger partial charge in [-0.3, -0.25) is 4.40 Å². The molecule has 3 aromatic rings. The van der Waals surface area contributed by atoms with Gasteiger partial charge in [-0.1, -0.05) is 0 Å². The van der Waals surface area contributed by atoms with Crippen molar-refractivity contribution in [2.45, 2.75) is 13.8 Å². The second-order valence-electron chi connectivity index (χ2n) is 4.24. The van der Waals surface area contributed by atoms with Crippen LogP contribution in [-0.4, -0.2) is 9.38 Å². The molecule has 92 valence electrons. The van der Waals surface area contributed by atoms with Crippen molar-refractivity contribution in [2.24, 2.45) is 0 Å². The fourth-order valence-electron chi connectivity index (χ4n) is 1.87. The lowest BCUT2D eigenvalue weighted by Crippen LogP contribution is -1.90. The predicted octanol–water partition coefficient (Wildman–Crippen LogP) is 3.96. The van der Waals surface area contributed by atoms with Crippen LogP contribution in [0, 0.1) is 25.5 Å². The highest BCUT2D eigenvalue weighted by Crippen LogP contribution is 2.27. The van der Waals surface area contributed by atoms with Gasteiger partial charge in [0.15, 0.2) is 4.96 Å². The predicted molar refractivity (Wildman–Crippen MR) is 67.9 cm³/mol. The van der Waals surface area contributed by atoms with Crippen LogP contribution in [0.1, 0.15) is 11.3 Å². The third-order valence-corrected chi connectivity index (χ3v) is 3.87. The van der Waals surface area contributed by atoms with E-state index in [0.29, 0.717) is 11.3 Å². The van der Waals surface area contributed by atoms with E-state index >= 15 is 0 Å². The van der Waals surface area contributed by atoms with Gasteiger partial charge in [0.1, 0.15) is 11.6 Å². The Kier molecular flexibility index (Phi) is 2.45. The largest absolute Gasteiger partial charge is 0.294 e. The van der Waals surface area contributed by atoms with Gasteiger partial charge in [0.2, 0.25) is 0 Å². The molecule has 0 saturated carbocycles. The van der Waals surface area contributed by atoms with Crippen LogP contribution in [0.25, 0.3) is 16.2 Å². The minimum absolute atomic E-state index is 0.202. The molecule has 0 saturated heterocycles. The summed E-state index contributed by atoms with van der Waals surface area (Å²) < 4.78 is 29.2. The first-order valence-corrected chi connectivity index (χ1v) is 6.33. The highest BCUT2D eigenvalue weighted by atomic mass is 32.1. The summed E-state index contributed by atoms with van der Waals surface area (Å²) in [5.74, 6) is -0.864. The molecule has 0 fully saturated rings. The number of aromatic nitrogens is 2. The van der Waals surface area contributed by atoms with E-state index in [1.165, 1.54) is 30.4 Å². The van der Waals surface area contributed by atoms with Crippen LogP contribution >= 0.6 is 11.3 Å². The number of hydrogen-bond acceptors (Lipinski definition) is 2. The molecule has 5 heteroatoms. The van der Waals surface area contributed by atoms with Gasteiger partial charge in [0.25, 0.3) is 0 Å². The van der Waals surface area contributed by atoms with Crippen molar-refractivity contribution in [1.29, 1.82) is 0 Å². The fourth-order valence-corrected chi connectivity index (χ4v) is 2.72. The highest BCUT2D eigenvalue weighted by Gasteiger charge is 2.13. The number of nitrogens with zero attached hydrogens (tertiary/aromatic N) is 2. The Bertz CT molecular complexity index is 743. The fraction of sp³-hybridized carbons (Fsp3) is 0.154. The average molecular weight is 264 g/mol. The van der Waals surface area contributed by atoms with Gasteiger partial charge in [-0.2, -0.15) is 0 Å². The van der Waals surface area contributed by atoms with E-state index in [1.807, 2.05) is 16.7 Å². The van der Waals surface area contributed by atoms with Crippen molar-refractivity contribution >= 4 is 16.3 Å². The first kappa shape index (κ1) is 11.3.